The van der Waals surface area contributed by atoms with E-state index in [1.54, 1.807) is 0 Å². The Morgan fingerprint density at radius 3 is 2.93 bits per heavy atom. The smallest absolute Gasteiger partial charge is 0.157 e. The molecule has 4 heteroatoms. The maximum atomic E-state index is 5.64. The van der Waals surface area contributed by atoms with Crippen LogP contribution in [-0.4, -0.2) is 51.1 Å². The Labute approximate surface area is 92.7 Å². The lowest BCUT2D eigenvalue weighted by atomic mass is 10.2. The van der Waals surface area contributed by atoms with Crippen LogP contribution in [0.25, 0.3) is 0 Å². The molecule has 0 radical (unpaired) electrons. The Kier molecular flexibility index (Phi) is 6.92. The number of rotatable bonds is 7. The van der Waals surface area contributed by atoms with Crippen molar-refractivity contribution in [3.05, 3.63) is 0 Å². The van der Waals surface area contributed by atoms with Crippen LogP contribution in [0.1, 0.15) is 25.7 Å². The molecule has 15 heavy (non-hydrogen) atoms. The lowest BCUT2D eigenvalue weighted by Crippen LogP contribution is -2.29. The van der Waals surface area contributed by atoms with E-state index >= 15 is 0 Å². The van der Waals surface area contributed by atoms with Crippen LogP contribution in [0.4, 0.5) is 0 Å². The van der Waals surface area contributed by atoms with Crippen molar-refractivity contribution in [1.29, 1.82) is 0 Å². The SMILES string of the molecule is CN(CCCN)CCOC1CCCCO1. The van der Waals surface area contributed by atoms with Crippen molar-refractivity contribution in [3.8, 4) is 0 Å². The molecule has 1 fully saturated rings. The van der Waals surface area contributed by atoms with E-state index in [1.165, 1.54) is 12.8 Å². The summed E-state index contributed by atoms with van der Waals surface area (Å²) in [4.78, 5) is 2.25. The Morgan fingerprint density at radius 2 is 2.27 bits per heavy atom. The van der Waals surface area contributed by atoms with Gasteiger partial charge >= 0.3 is 0 Å². The van der Waals surface area contributed by atoms with Crippen LogP contribution in [0.2, 0.25) is 0 Å². The molecule has 0 aromatic rings. The van der Waals surface area contributed by atoms with Crippen molar-refractivity contribution in [2.24, 2.45) is 5.73 Å². The highest BCUT2D eigenvalue weighted by molar-refractivity contribution is 4.56. The van der Waals surface area contributed by atoms with Crippen molar-refractivity contribution in [3.63, 3.8) is 0 Å². The average Bonchev–Trinajstić information content (AvgIpc) is 2.28. The van der Waals surface area contributed by atoms with Gasteiger partial charge < -0.3 is 20.1 Å². The predicted octanol–water partition coefficient (Wildman–Crippen LogP) is 0.810. The quantitative estimate of drug-likeness (QED) is 0.684. The highest BCUT2D eigenvalue weighted by Crippen LogP contribution is 2.13. The number of nitrogens with zero attached hydrogens (tertiary/aromatic N) is 1. The van der Waals surface area contributed by atoms with E-state index < -0.39 is 0 Å². The van der Waals surface area contributed by atoms with Gasteiger partial charge in [0.2, 0.25) is 0 Å². The molecule has 0 spiro atoms. The summed E-state index contributed by atoms with van der Waals surface area (Å²) in [5.74, 6) is 0. The Bertz CT molecular complexity index is 150. The fourth-order valence-electron chi connectivity index (χ4n) is 1.66. The Balaban J connectivity index is 1.94. The second-order valence-electron chi connectivity index (χ2n) is 4.11. The van der Waals surface area contributed by atoms with Crippen LogP contribution in [0.3, 0.4) is 0 Å². The molecule has 0 aliphatic carbocycles. The average molecular weight is 216 g/mol. The maximum Gasteiger partial charge on any atom is 0.157 e. The van der Waals surface area contributed by atoms with Crippen molar-refractivity contribution < 1.29 is 9.47 Å². The molecular weight excluding hydrogens is 192 g/mol. The largest absolute Gasteiger partial charge is 0.353 e. The fraction of sp³-hybridized carbons (Fsp3) is 1.00. The minimum Gasteiger partial charge on any atom is -0.353 e. The van der Waals surface area contributed by atoms with Gasteiger partial charge in [0.15, 0.2) is 6.29 Å². The van der Waals surface area contributed by atoms with Crippen LogP contribution in [0, 0.1) is 0 Å². The number of likely N-dealkylation sites (N-methyl/N-ethyl adjacent to an activating group) is 1. The molecule has 0 amide bonds. The van der Waals surface area contributed by atoms with Gasteiger partial charge in [-0.25, -0.2) is 0 Å². The maximum absolute atomic E-state index is 5.64. The monoisotopic (exact) mass is 216 g/mol. The third-order valence-electron chi connectivity index (χ3n) is 2.66. The van der Waals surface area contributed by atoms with Gasteiger partial charge in [-0.1, -0.05) is 0 Å². The molecule has 1 atom stereocenters. The molecule has 0 aromatic carbocycles. The zero-order valence-electron chi connectivity index (χ0n) is 9.78. The van der Waals surface area contributed by atoms with Gasteiger partial charge in [0.05, 0.1) is 6.61 Å². The molecular formula is C11H24N2O2. The number of nitrogens with two attached hydrogens (primary N) is 1. The first-order chi connectivity index (χ1) is 7.33. The lowest BCUT2D eigenvalue weighted by molar-refractivity contribution is -0.163. The molecule has 0 aromatic heterocycles. The van der Waals surface area contributed by atoms with E-state index in [1.807, 2.05) is 0 Å². The molecule has 1 aliphatic heterocycles. The molecule has 1 heterocycles. The first-order valence-electron chi connectivity index (χ1n) is 5.94. The van der Waals surface area contributed by atoms with Crippen molar-refractivity contribution in [2.75, 3.05) is 39.9 Å². The summed E-state index contributed by atoms with van der Waals surface area (Å²) >= 11 is 0. The third kappa shape index (κ3) is 6.10. The summed E-state index contributed by atoms with van der Waals surface area (Å²) in [7, 11) is 2.10. The zero-order valence-corrected chi connectivity index (χ0v) is 9.78. The standard InChI is InChI=1S/C11H24N2O2/c1-13(7-4-6-12)8-10-15-11-5-2-3-9-14-11/h11H,2-10,12H2,1H3. The van der Waals surface area contributed by atoms with Gasteiger partial charge in [-0.05, 0) is 45.8 Å². The van der Waals surface area contributed by atoms with E-state index in [2.05, 4.69) is 11.9 Å². The first-order valence-corrected chi connectivity index (χ1v) is 5.94. The molecule has 1 saturated heterocycles. The van der Waals surface area contributed by atoms with Gasteiger partial charge in [0, 0.05) is 13.2 Å². The van der Waals surface area contributed by atoms with Crippen LogP contribution in [0.5, 0.6) is 0 Å². The predicted molar refractivity (Wildman–Crippen MR) is 60.7 cm³/mol. The van der Waals surface area contributed by atoms with E-state index in [0.717, 1.165) is 45.7 Å². The third-order valence-corrected chi connectivity index (χ3v) is 2.66. The van der Waals surface area contributed by atoms with Crippen LogP contribution in [0.15, 0.2) is 0 Å². The van der Waals surface area contributed by atoms with E-state index in [4.69, 9.17) is 15.2 Å². The number of hydrogen-bond acceptors (Lipinski definition) is 4. The summed E-state index contributed by atoms with van der Waals surface area (Å²) in [5, 5.41) is 0. The summed E-state index contributed by atoms with van der Waals surface area (Å²) in [6.07, 6.45) is 4.55. The number of ether oxygens (including phenoxy) is 2. The summed E-state index contributed by atoms with van der Waals surface area (Å²) in [5.41, 5.74) is 5.44. The molecule has 1 aliphatic rings. The second kappa shape index (κ2) is 8.05. The molecule has 2 N–H and O–H groups in total. The first kappa shape index (κ1) is 12.9. The highest BCUT2D eigenvalue weighted by Gasteiger charge is 2.13. The van der Waals surface area contributed by atoms with Crippen LogP contribution in [-0.2, 0) is 9.47 Å². The lowest BCUT2D eigenvalue weighted by Gasteiger charge is -2.24. The highest BCUT2D eigenvalue weighted by atomic mass is 16.7. The van der Waals surface area contributed by atoms with Crippen molar-refractivity contribution in [1.82, 2.24) is 4.90 Å². The molecule has 1 rings (SSSR count). The van der Waals surface area contributed by atoms with Gasteiger partial charge in [0.1, 0.15) is 0 Å². The number of hydrogen-bond donors (Lipinski definition) is 1. The van der Waals surface area contributed by atoms with Gasteiger partial charge in [0.25, 0.3) is 0 Å². The van der Waals surface area contributed by atoms with Crippen molar-refractivity contribution >= 4 is 0 Å². The van der Waals surface area contributed by atoms with E-state index in [-0.39, 0.29) is 6.29 Å². The molecule has 90 valence electrons. The zero-order chi connectivity index (χ0) is 10.9. The second-order valence-corrected chi connectivity index (χ2v) is 4.11. The summed E-state index contributed by atoms with van der Waals surface area (Å²) < 4.78 is 11.1. The molecule has 1 unspecified atom stereocenters. The van der Waals surface area contributed by atoms with Crippen LogP contribution >= 0.6 is 0 Å². The minimum absolute atomic E-state index is 0.0432. The van der Waals surface area contributed by atoms with Crippen LogP contribution < -0.4 is 5.73 Å². The topological polar surface area (TPSA) is 47.7 Å². The molecule has 0 saturated carbocycles. The van der Waals surface area contributed by atoms with E-state index in [9.17, 15) is 0 Å². The summed E-state index contributed by atoms with van der Waals surface area (Å²) in [6, 6.07) is 0. The van der Waals surface area contributed by atoms with Gasteiger partial charge in [-0.2, -0.15) is 0 Å². The molecule has 0 bridgehead atoms. The molecule has 4 nitrogen and oxygen atoms in total. The normalized spacial score (nSPS) is 22.2. The Hall–Kier alpha value is -0.160. The van der Waals surface area contributed by atoms with E-state index in [0.29, 0.717) is 0 Å². The fourth-order valence-corrected chi connectivity index (χ4v) is 1.66. The van der Waals surface area contributed by atoms with Crippen molar-refractivity contribution in [2.45, 2.75) is 32.0 Å². The van der Waals surface area contributed by atoms with Gasteiger partial charge in [-0.15, -0.1) is 0 Å². The summed E-state index contributed by atoms with van der Waals surface area (Å²) in [6.45, 7) is 4.38. The minimum atomic E-state index is 0.0432. The van der Waals surface area contributed by atoms with Gasteiger partial charge in [-0.3, -0.25) is 0 Å². The Morgan fingerprint density at radius 1 is 1.40 bits per heavy atom.